The third-order valence-electron chi connectivity index (χ3n) is 5.92. The van der Waals surface area contributed by atoms with Gasteiger partial charge in [-0.2, -0.15) is 0 Å². The van der Waals surface area contributed by atoms with Crippen LogP contribution >= 0.6 is 0 Å². The van der Waals surface area contributed by atoms with Gasteiger partial charge in [-0.15, -0.1) is 0 Å². The summed E-state index contributed by atoms with van der Waals surface area (Å²) in [6.45, 7) is 2.17. The smallest absolute Gasteiger partial charge is 0.261 e. The first-order valence-corrected chi connectivity index (χ1v) is 11.2. The second-order valence-corrected chi connectivity index (χ2v) is 8.28. The number of nitrogens with zero attached hydrogens (tertiary/aromatic N) is 2. The van der Waals surface area contributed by atoms with Crippen LogP contribution < -0.4 is 10.9 Å². The van der Waals surface area contributed by atoms with E-state index in [1.165, 1.54) is 18.2 Å². The average molecular weight is 464 g/mol. The van der Waals surface area contributed by atoms with Crippen LogP contribution in [-0.2, 0) is 6.54 Å². The summed E-state index contributed by atoms with van der Waals surface area (Å²) in [5.41, 5.74) is 3.86. The van der Waals surface area contributed by atoms with Gasteiger partial charge in [0.2, 0.25) is 0 Å². The fourth-order valence-corrected chi connectivity index (χ4v) is 4.06. The number of fused-ring (bicyclic) bond motifs is 1. The van der Waals surface area contributed by atoms with Crippen molar-refractivity contribution in [3.63, 3.8) is 0 Å². The summed E-state index contributed by atoms with van der Waals surface area (Å²) in [6.07, 6.45) is 0. The van der Waals surface area contributed by atoms with Crippen molar-refractivity contribution in [1.82, 2.24) is 9.55 Å². The molecule has 1 aromatic heterocycles. The number of aryl methyl sites for hydroxylation is 1. The maximum Gasteiger partial charge on any atom is 0.261 e. The fraction of sp³-hybridized carbons (Fsp3) is 0.0690. The van der Waals surface area contributed by atoms with Gasteiger partial charge in [0.25, 0.3) is 11.5 Å². The molecule has 0 atom stereocenters. The first-order chi connectivity index (χ1) is 17.0. The summed E-state index contributed by atoms with van der Waals surface area (Å²) in [7, 11) is 0. The third-order valence-corrected chi connectivity index (χ3v) is 5.92. The molecule has 1 N–H and O–H groups in total. The Bertz CT molecular complexity index is 1590. The lowest BCUT2D eigenvalue weighted by Crippen LogP contribution is -2.24. The normalized spacial score (nSPS) is 10.9. The van der Waals surface area contributed by atoms with Gasteiger partial charge in [-0.05, 0) is 53.9 Å². The molecular formula is C29H22FN3O2. The molecule has 1 heterocycles. The minimum absolute atomic E-state index is 0.0639. The molecule has 0 bridgehead atoms. The Balaban J connectivity index is 1.44. The first-order valence-electron chi connectivity index (χ1n) is 11.2. The van der Waals surface area contributed by atoms with E-state index in [0.29, 0.717) is 29.0 Å². The molecule has 5 nitrogen and oxygen atoms in total. The van der Waals surface area contributed by atoms with Crippen LogP contribution in [0.1, 0.15) is 21.7 Å². The van der Waals surface area contributed by atoms with Crippen molar-refractivity contribution >= 4 is 22.5 Å². The van der Waals surface area contributed by atoms with Crippen LogP contribution in [0.25, 0.3) is 22.0 Å². The maximum atomic E-state index is 14.0. The molecule has 6 heteroatoms. The van der Waals surface area contributed by atoms with Crippen LogP contribution in [0.3, 0.4) is 0 Å². The number of hydrogen-bond acceptors (Lipinski definition) is 3. The monoisotopic (exact) mass is 463 g/mol. The number of halogens is 1. The Kier molecular flexibility index (Phi) is 5.94. The van der Waals surface area contributed by atoms with Crippen molar-refractivity contribution in [3.8, 4) is 11.1 Å². The van der Waals surface area contributed by atoms with Gasteiger partial charge >= 0.3 is 0 Å². The Morgan fingerprint density at radius 1 is 0.886 bits per heavy atom. The molecule has 172 valence electrons. The van der Waals surface area contributed by atoms with Crippen LogP contribution in [0.15, 0.2) is 102 Å². The second kappa shape index (κ2) is 9.35. The average Bonchev–Trinajstić information content (AvgIpc) is 2.88. The Morgan fingerprint density at radius 3 is 2.31 bits per heavy atom. The van der Waals surface area contributed by atoms with Gasteiger partial charge in [-0.25, -0.2) is 9.37 Å². The molecule has 0 aliphatic carbocycles. The molecule has 5 aromatic rings. The van der Waals surface area contributed by atoms with Crippen molar-refractivity contribution < 1.29 is 9.18 Å². The molecule has 1 amide bonds. The first kappa shape index (κ1) is 22.2. The third kappa shape index (κ3) is 4.59. The predicted molar refractivity (Wildman–Crippen MR) is 136 cm³/mol. The summed E-state index contributed by atoms with van der Waals surface area (Å²) in [4.78, 5) is 30.4. The lowest BCUT2D eigenvalue weighted by molar-refractivity contribution is 0.102. The van der Waals surface area contributed by atoms with Crippen LogP contribution in [-0.4, -0.2) is 15.5 Å². The molecule has 0 spiro atoms. The van der Waals surface area contributed by atoms with E-state index in [-0.39, 0.29) is 11.1 Å². The molecule has 0 aliphatic rings. The van der Waals surface area contributed by atoms with Crippen molar-refractivity contribution in [2.75, 3.05) is 5.32 Å². The van der Waals surface area contributed by atoms with Crippen LogP contribution in [0.4, 0.5) is 10.1 Å². The molecule has 0 aliphatic heterocycles. The van der Waals surface area contributed by atoms with Crippen molar-refractivity contribution in [1.29, 1.82) is 0 Å². The highest BCUT2D eigenvalue weighted by Crippen LogP contribution is 2.21. The number of carbonyl (C=O) groups is 1. The number of hydrogen-bond donors (Lipinski definition) is 1. The number of nitrogens with one attached hydrogen (secondary N) is 1. The lowest BCUT2D eigenvalue weighted by Gasteiger charge is -2.13. The Morgan fingerprint density at radius 2 is 1.57 bits per heavy atom. The minimum Gasteiger partial charge on any atom is -0.322 e. The van der Waals surface area contributed by atoms with E-state index in [0.717, 1.165) is 16.7 Å². The minimum atomic E-state index is -0.608. The largest absolute Gasteiger partial charge is 0.322 e. The number of benzene rings is 4. The van der Waals surface area contributed by atoms with E-state index < -0.39 is 11.7 Å². The van der Waals surface area contributed by atoms with Crippen molar-refractivity contribution in [3.05, 3.63) is 130 Å². The Hall–Kier alpha value is -4.58. The number of aromatic nitrogens is 2. The fourth-order valence-electron chi connectivity index (χ4n) is 4.06. The van der Waals surface area contributed by atoms with Gasteiger partial charge in [0.15, 0.2) is 0 Å². The highest BCUT2D eigenvalue weighted by molar-refractivity contribution is 6.05. The number of amides is 1. The van der Waals surface area contributed by atoms with Crippen LogP contribution in [0, 0.1) is 12.7 Å². The zero-order valence-corrected chi connectivity index (χ0v) is 19.0. The summed E-state index contributed by atoms with van der Waals surface area (Å²) < 4.78 is 15.6. The van der Waals surface area contributed by atoms with E-state index >= 15 is 0 Å². The summed E-state index contributed by atoms with van der Waals surface area (Å²) in [5, 5.41) is 3.05. The topological polar surface area (TPSA) is 64.0 Å². The van der Waals surface area contributed by atoms with Gasteiger partial charge in [0.05, 0.1) is 23.0 Å². The van der Waals surface area contributed by atoms with E-state index in [9.17, 15) is 14.0 Å². The zero-order valence-electron chi connectivity index (χ0n) is 19.0. The molecule has 0 unspecified atom stereocenters. The quantitative estimate of drug-likeness (QED) is 0.358. The highest BCUT2D eigenvalue weighted by atomic mass is 19.1. The molecule has 4 aromatic carbocycles. The van der Waals surface area contributed by atoms with Crippen LogP contribution in [0.5, 0.6) is 0 Å². The maximum absolute atomic E-state index is 14.0. The van der Waals surface area contributed by atoms with Gasteiger partial charge in [0.1, 0.15) is 11.6 Å². The van der Waals surface area contributed by atoms with Gasteiger partial charge in [-0.1, -0.05) is 66.7 Å². The highest BCUT2D eigenvalue weighted by Gasteiger charge is 2.14. The molecule has 0 saturated heterocycles. The standard InChI is InChI=1S/C29H22FN3O2/c1-19-31-27-16-15-23(32-28(34)24-9-5-6-10-26(24)30)17-25(27)29(35)33(19)18-20-11-13-22(14-12-20)21-7-3-2-4-8-21/h2-17H,18H2,1H3,(H,32,34). The SMILES string of the molecule is Cc1nc2ccc(NC(=O)c3ccccc3F)cc2c(=O)n1Cc1ccc(-c2ccccc2)cc1. The van der Waals surface area contributed by atoms with E-state index in [4.69, 9.17) is 0 Å². The van der Waals surface area contributed by atoms with Crippen molar-refractivity contribution in [2.24, 2.45) is 0 Å². The number of carbonyl (C=O) groups excluding carboxylic acids is 1. The molecular weight excluding hydrogens is 441 g/mol. The number of rotatable bonds is 5. The molecule has 35 heavy (non-hydrogen) atoms. The molecule has 0 saturated carbocycles. The van der Waals surface area contributed by atoms with Crippen molar-refractivity contribution in [2.45, 2.75) is 13.5 Å². The molecule has 5 rings (SSSR count). The van der Waals surface area contributed by atoms with Gasteiger partial charge in [0, 0.05) is 5.69 Å². The van der Waals surface area contributed by atoms with E-state index in [1.54, 1.807) is 35.8 Å². The van der Waals surface area contributed by atoms with Gasteiger partial charge in [-0.3, -0.25) is 14.2 Å². The number of anilines is 1. The summed E-state index contributed by atoms with van der Waals surface area (Å²) in [6, 6.07) is 28.8. The lowest BCUT2D eigenvalue weighted by atomic mass is 10.0. The van der Waals surface area contributed by atoms with Crippen LogP contribution in [0.2, 0.25) is 0 Å². The Labute approximate surface area is 201 Å². The second-order valence-electron chi connectivity index (χ2n) is 8.28. The van der Waals surface area contributed by atoms with E-state index in [1.807, 2.05) is 42.5 Å². The summed E-state index contributed by atoms with van der Waals surface area (Å²) in [5.74, 6) is -0.595. The zero-order chi connectivity index (χ0) is 24.4. The summed E-state index contributed by atoms with van der Waals surface area (Å²) >= 11 is 0. The predicted octanol–water partition coefficient (Wildman–Crippen LogP) is 5.81. The molecule has 0 radical (unpaired) electrons. The van der Waals surface area contributed by atoms with Gasteiger partial charge < -0.3 is 5.32 Å². The van der Waals surface area contributed by atoms with E-state index in [2.05, 4.69) is 22.4 Å². The molecule has 0 fully saturated rings.